The monoisotopic (exact) mass is 314 g/mol. The van der Waals surface area contributed by atoms with Gasteiger partial charge in [0.2, 0.25) is 0 Å². The molecule has 1 aromatic heterocycles. The molecule has 0 aromatic carbocycles. The van der Waals surface area contributed by atoms with Gasteiger partial charge in [-0.1, -0.05) is 5.21 Å². The number of amides is 1. The normalized spacial score (nSPS) is 22.1. The standard InChI is InChI=1S/C14H23FN4O3/c1-13(2,3)22-12(21)18-6-5-14(15,9-18)10-19-8-11(4-7-20)16-17-19/h8,20H,4-7,9-10H2,1-3H3. The Balaban J connectivity index is 1.93. The van der Waals surface area contributed by atoms with Crippen molar-refractivity contribution in [1.29, 1.82) is 0 Å². The molecule has 124 valence electrons. The number of halogens is 1. The highest BCUT2D eigenvalue weighted by Gasteiger charge is 2.42. The average molecular weight is 314 g/mol. The predicted octanol–water partition coefficient (Wildman–Crippen LogP) is 1.16. The summed E-state index contributed by atoms with van der Waals surface area (Å²) in [4.78, 5) is 13.4. The number of aliphatic hydroxyl groups excluding tert-OH is 1. The van der Waals surface area contributed by atoms with E-state index in [1.807, 2.05) is 0 Å². The third-order valence-electron chi connectivity index (χ3n) is 3.36. The lowest BCUT2D eigenvalue weighted by molar-refractivity contribution is 0.0248. The zero-order chi connectivity index (χ0) is 16.4. The fourth-order valence-electron chi connectivity index (χ4n) is 2.38. The second-order valence-corrected chi connectivity index (χ2v) is 6.68. The lowest BCUT2D eigenvalue weighted by atomic mass is 10.1. The molecule has 1 aliphatic heterocycles. The largest absolute Gasteiger partial charge is 0.444 e. The summed E-state index contributed by atoms with van der Waals surface area (Å²) >= 11 is 0. The molecule has 1 unspecified atom stereocenters. The highest BCUT2D eigenvalue weighted by Crippen LogP contribution is 2.28. The number of alkyl halides is 1. The van der Waals surface area contributed by atoms with Gasteiger partial charge in [-0.25, -0.2) is 13.9 Å². The predicted molar refractivity (Wildman–Crippen MR) is 77.1 cm³/mol. The van der Waals surface area contributed by atoms with Crippen molar-refractivity contribution >= 4 is 6.09 Å². The summed E-state index contributed by atoms with van der Waals surface area (Å²) in [5, 5.41) is 16.6. The molecule has 1 atom stereocenters. The van der Waals surface area contributed by atoms with Crippen LogP contribution < -0.4 is 0 Å². The van der Waals surface area contributed by atoms with E-state index in [2.05, 4.69) is 10.3 Å². The lowest BCUT2D eigenvalue weighted by Crippen LogP contribution is -2.39. The van der Waals surface area contributed by atoms with Gasteiger partial charge in [0, 0.05) is 32.2 Å². The van der Waals surface area contributed by atoms with E-state index in [9.17, 15) is 9.18 Å². The van der Waals surface area contributed by atoms with Crippen molar-refractivity contribution < 1.29 is 19.0 Å². The Morgan fingerprint density at radius 1 is 1.55 bits per heavy atom. The minimum absolute atomic E-state index is 0.0168. The number of carbonyl (C=O) groups is 1. The van der Waals surface area contributed by atoms with E-state index in [4.69, 9.17) is 9.84 Å². The number of aliphatic hydroxyl groups is 1. The Morgan fingerprint density at radius 3 is 2.91 bits per heavy atom. The van der Waals surface area contributed by atoms with Crippen LogP contribution in [0.4, 0.5) is 9.18 Å². The maximum atomic E-state index is 14.8. The van der Waals surface area contributed by atoms with Crippen LogP contribution in [0, 0.1) is 0 Å². The maximum Gasteiger partial charge on any atom is 0.410 e. The number of rotatable bonds is 4. The van der Waals surface area contributed by atoms with E-state index in [0.717, 1.165) is 0 Å². The van der Waals surface area contributed by atoms with Crippen molar-refractivity contribution in [2.24, 2.45) is 0 Å². The Morgan fingerprint density at radius 2 is 2.27 bits per heavy atom. The highest BCUT2D eigenvalue weighted by molar-refractivity contribution is 5.68. The summed E-state index contributed by atoms with van der Waals surface area (Å²) in [5.41, 5.74) is -1.52. The number of carbonyl (C=O) groups excluding carboxylic acids is 1. The summed E-state index contributed by atoms with van der Waals surface area (Å²) in [5.74, 6) is 0. The number of ether oxygens (including phenoxy) is 1. The first-order valence-corrected chi connectivity index (χ1v) is 7.37. The summed E-state index contributed by atoms with van der Waals surface area (Å²) < 4.78 is 21.5. The lowest BCUT2D eigenvalue weighted by Gasteiger charge is -2.25. The molecule has 7 nitrogen and oxygen atoms in total. The van der Waals surface area contributed by atoms with Crippen LogP contribution in [0.1, 0.15) is 32.9 Å². The molecule has 1 fully saturated rings. The third kappa shape index (κ3) is 4.40. The van der Waals surface area contributed by atoms with Crippen LogP contribution in [0.3, 0.4) is 0 Å². The first kappa shape index (κ1) is 16.7. The Labute approximate surface area is 129 Å². The smallest absolute Gasteiger partial charge is 0.410 e. The van der Waals surface area contributed by atoms with E-state index >= 15 is 0 Å². The van der Waals surface area contributed by atoms with Crippen LogP contribution in [0.15, 0.2) is 6.20 Å². The molecule has 1 amide bonds. The molecule has 22 heavy (non-hydrogen) atoms. The first-order chi connectivity index (χ1) is 10.2. The fraction of sp³-hybridized carbons (Fsp3) is 0.786. The van der Waals surface area contributed by atoms with E-state index in [1.165, 1.54) is 9.58 Å². The molecular weight excluding hydrogens is 291 g/mol. The number of aromatic nitrogens is 3. The van der Waals surface area contributed by atoms with Gasteiger partial charge in [0.15, 0.2) is 0 Å². The van der Waals surface area contributed by atoms with Crippen LogP contribution in [0.2, 0.25) is 0 Å². The number of likely N-dealkylation sites (tertiary alicyclic amines) is 1. The van der Waals surface area contributed by atoms with Gasteiger partial charge in [-0.3, -0.25) is 0 Å². The molecule has 2 heterocycles. The molecule has 1 aromatic rings. The highest BCUT2D eigenvalue weighted by atomic mass is 19.1. The molecular formula is C14H23FN4O3. The summed E-state index contributed by atoms with van der Waals surface area (Å²) in [6.07, 6.45) is 1.75. The second kappa shape index (κ2) is 6.20. The van der Waals surface area contributed by atoms with Crippen molar-refractivity contribution in [2.75, 3.05) is 19.7 Å². The molecule has 0 spiro atoms. The fourth-order valence-corrected chi connectivity index (χ4v) is 2.38. The Bertz CT molecular complexity index is 528. The van der Waals surface area contributed by atoms with Crippen molar-refractivity contribution in [3.8, 4) is 0 Å². The minimum atomic E-state index is -1.54. The number of nitrogens with zero attached hydrogens (tertiary/aromatic N) is 4. The minimum Gasteiger partial charge on any atom is -0.444 e. The summed E-state index contributed by atoms with van der Waals surface area (Å²) in [6.45, 7) is 5.66. The zero-order valence-electron chi connectivity index (χ0n) is 13.3. The van der Waals surface area contributed by atoms with Crippen LogP contribution in [-0.4, -0.2) is 62.1 Å². The molecule has 1 aliphatic rings. The molecule has 1 saturated heterocycles. The molecule has 0 bridgehead atoms. The molecule has 0 radical (unpaired) electrons. The van der Waals surface area contributed by atoms with Gasteiger partial charge in [0.1, 0.15) is 11.3 Å². The van der Waals surface area contributed by atoms with Gasteiger partial charge in [-0.05, 0) is 20.8 Å². The number of hydrogen-bond acceptors (Lipinski definition) is 5. The zero-order valence-corrected chi connectivity index (χ0v) is 13.3. The van der Waals surface area contributed by atoms with E-state index < -0.39 is 17.4 Å². The Kier molecular flexibility index (Phi) is 4.69. The quantitative estimate of drug-likeness (QED) is 0.902. The SMILES string of the molecule is CC(C)(C)OC(=O)N1CCC(F)(Cn2cc(CCO)nn2)C1. The van der Waals surface area contributed by atoms with Crippen molar-refractivity contribution in [2.45, 2.75) is 51.4 Å². The second-order valence-electron chi connectivity index (χ2n) is 6.68. The van der Waals surface area contributed by atoms with Gasteiger partial charge in [0.25, 0.3) is 0 Å². The van der Waals surface area contributed by atoms with Crippen molar-refractivity contribution in [3.05, 3.63) is 11.9 Å². The number of hydrogen-bond donors (Lipinski definition) is 1. The van der Waals surface area contributed by atoms with Crippen molar-refractivity contribution in [3.63, 3.8) is 0 Å². The molecule has 0 saturated carbocycles. The van der Waals surface area contributed by atoms with Crippen molar-refractivity contribution in [1.82, 2.24) is 19.9 Å². The van der Waals surface area contributed by atoms with Crippen LogP contribution >= 0.6 is 0 Å². The van der Waals surface area contributed by atoms with Gasteiger partial charge in [0.05, 0.1) is 18.8 Å². The van der Waals surface area contributed by atoms with Gasteiger partial charge in [-0.15, -0.1) is 5.10 Å². The van der Waals surface area contributed by atoms with E-state index in [1.54, 1.807) is 27.0 Å². The first-order valence-electron chi connectivity index (χ1n) is 7.37. The van der Waals surface area contributed by atoms with Crippen LogP contribution in [0.25, 0.3) is 0 Å². The van der Waals surface area contributed by atoms with Gasteiger partial charge < -0.3 is 14.7 Å². The van der Waals surface area contributed by atoms with Gasteiger partial charge in [-0.2, -0.15) is 0 Å². The van der Waals surface area contributed by atoms with Gasteiger partial charge >= 0.3 is 6.09 Å². The molecule has 8 heteroatoms. The topological polar surface area (TPSA) is 80.5 Å². The maximum absolute atomic E-state index is 14.8. The molecule has 0 aliphatic carbocycles. The van der Waals surface area contributed by atoms with E-state index in [-0.39, 0.29) is 26.1 Å². The Hall–Kier alpha value is -1.70. The van der Waals surface area contributed by atoms with Crippen LogP contribution in [-0.2, 0) is 17.7 Å². The molecule has 1 N–H and O–H groups in total. The van der Waals surface area contributed by atoms with Crippen LogP contribution in [0.5, 0.6) is 0 Å². The summed E-state index contributed by atoms with van der Waals surface area (Å²) in [6, 6.07) is 0. The molecule has 2 rings (SSSR count). The third-order valence-corrected chi connectivity index (χ3v) is 3.36. The average Bonchev–Trinajstić information content (AvgIpc) is 2.95. The van der Waals surface area contributed by atoms with E-state index in [0.29, 0.717) is 18.7 Å². The summed E-state index contributed by atoms with van der Waals surface area (Å²) in [7, 11) is 0.